The van der Waals surface area contributed by atoms with Crippen LogP contribution < -0.4 is 5.73 Å². The highest BCUT2D eigenvalue weighted by atomic mass is 79.9. The summed E-state index contributed by atoms with van der Waals surface area (Å²) in [7, 11) is 0. The summed E-state index contributed by atoms with van der Waals surface area (Å²) in [6.45, 7) is 7.06. The van der Waals surface area contributed by atoms with Crippen LogP contribution in [0.5, 0.6) is 0 Å². The molecule has 0 amide bonds. The molecule has 1 aromatic heterocycles. The van der Waals surface area contributed by atoms with E-state index >= 15 is 0 Å². The first kappa shape index (κ1) is 14.3. The van der Waals surface area contributed by atoms with Crippen LogP contribution >= 0.6 is 15.9 Å². The van der Waals surface area contributed by atoms with Crippen LogP contribution in [-0.4, -0.2) is 9.78 Å². The first-order chi connectivity index (χ1) is 8.92. The molecule has 0 aliphatic heterocycles. The van der Waals surface area contributed by atoms with Gasteiger partial charge >= 0.3 is 0 Å². The van der Waals surface area contributed by atoms with Crippen LogP contribution in [0.15, 0.2) is 34.8 Å². The number of halogens is 1. The van der Waals surface area contributed by atoms with Crippen LogP contribution in [-0.2, 0) is 18.5 Å². The summed E-state index contributed by atoms with van der Waals surface area (Å²) in [6, 6.07) is 10.3. The van der Waals surface area contributed by atoms with Crippen molar-refractivity contribution in [1.29, 1.82) is 0 Å². The highest BCUT2D eigenvalue weighted by molar-refractivity contribution is 9.10. The maximum atomic E-state index is 6.51. The fourth-order valence-corrected chi connectivity index (χ4v) is 2.74. The Morgan fingerprint density at radius 1 is 1.37 bits per heavy atom. The molecule has 0 saturated carbocycles. The van der Waals surface area contributed by atoms with Crippen molar-refractivity contribution in [2.45, 2.75) is 39.3 Å². The third-order valence-corrected chi connectivity index (χ3v) is 3.81. The predicted molar refractivity (Wildman–Crippen MR) is 82.0 cm³/mol. The Hall–Kier alpha value is -1.13. The van der Waals surface area contributed by atoms with Gasteiger partial charge in [0.05, 0.1) is 5.69 Å². The molecule has 0 bridgehead atoms. The second kappa shape index (κ2) is 5.47. The van der Waals surface area contributed by atoms with Gasteiger partial charge in [0.1, 0.15) is 0 Å². The fourth-order valence-electron chi connectivity index (χ4n) is 2.34. The normalized spacial score (nSPS) is 14.4. The number of nitrogens with zero attached hydrogens (tertiary/aromatic N) is 2. The van der Waals surface area contributed by atoms with Crippen LogP contribution in [0.3, 0.4) is 0 Å². The van der Waals surface area contributed by atoms with Crippen LogP contribution in [0.25, 0.3) is 0 Å². The minimum absolute atomic E-state index is 0.400. The Morgan fingerprint density at radius 2 is 2.11 bits per heavy atom. The van der Waals surface area contributed by atoms with E-state index in [-0.39, 0.29) is 0 Å². The second-order valence-corrected chi connectivity index (χ2v) is 6.11. The lowest BCUT2D eigenvalue weighted by molar-refractivity contribution is 0.463. The monoisotopic (exact) mass is 321 g/mol. The molecule has 1 aromatic carbocycles. The van der Waals surface area contributed by atoms with Gasteiger partial charge in [0.15, 0.2) is 0 Å². The lowest BCUT2D eigenvalue weighted by Crippen LogP contribution is -2.36. The van der Waals surface area contributed by atoms with Gasteiger partial charge in [0, 0.05) is 28.7 Å². The van der Waals surface area contributed by atoms with Crippen molar-refractivity contribution >= 4 is 15.9 Å². The van der Waals surface area contributed by atoms with Gasteiger partial charge in [-0.15, -0.1) is 0 Å². The first-order valence-electron chi connectivity index (χ1n) is 6.50. The molecule has 2 N–H and O–H groups in total. The average Bonchev–Trinajstić information content (AvgIpc) is 2.68. The van der Waals surface area contributed by atoms with Gasteiger partial charge < -0.3 is 5.73 Å². The van der Waals surface area contributed by atoms with Crippen LogP contribution in [0.1, 0.15) is 30.8 Å². The van der Waals surface area contributed by atoms with E-state index in [1.54, 1.807) is 0 Å². The Kier molecular flexibility index (Phi) is 4.11. The van der Waals surface area contributed by atoms with Crippen LogP contribution in [0.4, 0.5) is 0 Å². The van der Waals surface area contributed by atoms with Gasteiger partial charge in [0.25, 0.3) is 0 Å². The molecule has 0 saturated heterocycles. The standard InChI is InChI=1S/C15H20BrN3/c1-4-19-14(8-11(2)18-19)10-15(3,17)12-6-5-7-13(16)9-12/h5-9H,4,10,17H2,1-3H3. The molecular weight excluding hydrogens is 302 g/mol. The van der Waals surface area contributed by atoms with Gasteiger partial charge in [-0.3, -0.25) is 4.68 Å². The lowest BCUT2D eigenvalue weighted by atomic mass is 9.88. The summed E-state index contributed by atoms with van der Waals surface area (Å²) in [6.07, 6.45) is 0.776. The first-order valence-corrected chi connectivity index (χ1v) is 7.30. The molecule has 1 atom stereocenters. The van der Waals surface area contributed by atoms with Crippen molar-refractivity contribution in [3.63, 3.8) is 0 Å². The van der Waals surface area contributed by atoms with Crippen molar-refractivity contribution < 1.29 is 0 Å². The number of hydrogen-bond donors (Lipinski definition) is 1. The summed E-state index contributed by atoms with van der Waals surface area (Å²) in [5.74, 6) is 0. The minimum Gasteiger partial charge on any atom is -0.321 e. The average molecular weight is 322 g/mol. The minimum atomic E-state index is -0.400. The molecule has 1 heterocycles. The number of nitrogens with two attached hydrogens (primary N) is 1. The molecule has 4 heteroatoms. The van der Waals surface area contributed by atoms with Crippen molar-refractivity contribution in [1.82, 2.24) is 9.78 Å². The smallest absolute Gasteiger partial charge is 0.0596 e. The molecule has 2 rings (SSSR count). The number of aryl methyl sites for hydroxylation is 2. The van der Waals surface area contributed by atoms with E-state index in [0.717, 1.165) is 28.7 Å². The zero-order valence-electron chi connectivity index (χ0n) is 11.7. The predicted octanol–water partition coefficient (Wildman–Crippen LogP) is 3.39. The van der Waals surface area contributed by atoms with Gasteiger partial charge in [-0.05, 0) is 44.5 Å². The van der Waals surface area contributed by atoms with Crippen molar-refractivity contribution in [3.05, 3.63) is 51.8 Å². The Balaban J connectivity index is 2.30. The van der Waals surface area contributed by atoms with Crippen LogP contribution in [0.2, 0.25) is 0 Å². The summed E-state index contributed by atoms with van der Waals surface area (Å²) in [5.41, 5.74) is 9.47. The molecule has 3 nitrogen and oxygen atoms in total. The van der Waals surface area contributed by atoms with Crippen molar-refractivity contribution in [3.8, 4) is 0 Å². The molecule has 1 unspecified atom stereocenters. The third kappa shape index (κ3) is 3.25. The highest BCUT2D eigenvalue weighted by Crippen LogP contribution is 2.25. The molecule has 19 heavy (non-hydrogen) atoms. The molecular formula is C15H20BrN3. The summed E-state index contributed by atoms with van der Waals surface area (Å²) >= 11 is 3.50. The Labute approximate surface area is 122 Å². The highest BCUT2D eigenvalue weighted by Gasteiger charge is 2.24. The maximum Gasteiger partial charge on any atom is 0.0596 e. The molecule has 0 spiro atoms. The van der Waals surface area contributed by atoms with E-state index in [1.807, 2.05) is 23.7 Å². The Bertz CT molecular complexity index is 573. The molecule has 0 radical (unpaired) electrons. The van der Waals surface area contributed by atoms with Gasteiger partial charge in [-0.25, -0.2) is 0 Å². The van der Waals surface area contributed by atoms with E-state index in [9.17, 15) is 0 Å². The molecule has 2 aromatic rings. The molecule has 0 aliphatic carbocycles. The fraction of sp³-hybridized carbons (Fsp3) is 0.400. The van der Waals surface area contributed by atoms with Gasteiger partial charge in [-0.2, -0.15) is 5.10 Å². The number of hydrogen-bond acceptors (Lipinski definition) is 2. The maximum absolute atomic E-state index is 6.51. The van der Waals surface area contributed by atoms with Gasteiger partial charge in [0.2, 0.25) is 0 Å². The summed E-state index contributed by atoms with van der Waals surface area (Å²) in [4.78, 5) is 0. The van der Waals surface area contributed by atoms with Crippen molar-refractivity contribution in [2.75, 3.05) is 0 Å². The zero-order chi connectivity index (χ0) is 14.0. The van der Waals surface area contributed by atoms with Gasteiger partial charge in [-0.1, -0.05) is 28.1 Å². The number of benzene rings is 1. The van der Waals surface area contributed by atoms with E-state index in [0.29, 0.717) is 0 Å². The SMILES string of the molecule is CCn1nc(C)cc1CC(C)(N)c1cccc(Br)c1. The Morgan fingerprint density at radius 3 is 2.74 bits per heavy atom. The zero-order valence-corrected chi connectivity index (χ0v) is 13.2. The van der Waals surface area contributed by atoms with E-state index in [1.165, 1.54) is 5.69 Å². The van der Waals surface area contributed by atoms with E-state index in [4.69, 9.17) is 5.73 Å². The molecule has 0 fully saturated rings. The third-order valence-electron chi connectivity index (χ3n) is 3.32. The summed E-state index contributed by atoms with van der Waals surface area (Å²) in [5, 5.41) is 4.48. The number of aromatic nitrogens is 2. The van der Waals surface area contributed by atoms with Crippen LogP contribution in [0, 0.1) is 6.92 Å². The largest absolute Gasteiger partial charge is 0.321 e. The lowest BCUT2D eigenvalue weighted by Gasteiger charge is -2.25. The summed E-state index contributed by atoms with van der Waals surface area (Å²) < 4.78 is 3.08. The molecule has 0 aliphatic rings. The van der Waals surface area contributed by atoms with Crippen molar-refractivity contribution in [2.24, 2.45) is 5.73 Å². The topological polar surface area (TPSA) is 43.8 Å². The molecule has 102 valence electrons. The second-order valence-electron chi connectivity index (χ2n) is 5.20. The van der Waals surface area contributed by atoms with E-state index in [2.05, 4.69) is 53.1 Å². The van der Waals surface area contributed by atoms with E-state index < -0.39 is 5.54 Å². The quantitative estimate of drug-likeness (QED) is 0.938. The number of rotatable bonds is 4.